The predicted molar refractivity (Wildman–Crippen MR) is 71.3 cm³/mol. The second-order valence-corrected chi connectivity index (χ2v) is 6.63. The molecule has 2 fully saturated rings. The SMILES string of the molecule is COCCCN1CC(C)(C2CC2)NCC1(C)C. The van der Waals surface area contributed by atoms with Gasteiger partial charge in [0, 0.05) is 44.4 Å². The minimum atomic E-state index is 0.280. The van der Waals surface area contributed by atoms with Crippen LogP contribution in [0.5, 0.6) is 0 Å². The van der Waals surface area contributed by atoms with E-state index in [0.29, 0.717) is 5.54 Å². The molecular weight excluding hydrogens is 212 g/mol. The van der Waals surface area contributed by atoms with E-state index >= 15 is 0 Å². The maximum atomic E-state index is 5.17. The van der Waals surface area contributed by atoms with Crippen LogP contribution in [0.2, 0.25) is 0 Å². The highest BCUT2D eigenvalue weighted by molar-refractivity contribution is 5.06. The van der Waals surface area contributed by atoms with E-state index < -0.39 is 0 Å². The van der Waals surface area contributed by atoms with Crippen molar-refractivity contribution in [3.05, 3.63) is 0 Å². The molecule has 1 atom stereocenters. The van der Waals surface area contributed by atoms with Crippen molar-refractivity contribution in [2.24, 2.45) is 5.92 Å². The van der Waals surface area contributed by atoms with Crippen molar-refractivity contribution in [3.63, 3.8) is 0 Å². The predicted octanol–water partition coefficient (Wildman–Crippen LogP) is 1.88. The number of piperazine rings is 1. The van der Waals surface area contributed by atoms with Gasteiger partial charge in [-0.15, -0.1) is 0 Å². The van der Waals surface area contributed by atoms with E-state index in [9.17, 15) is 0 Å². The summed E-state index contributed by atoms with van der Waals surface area (Å²) in [6.07, 6.45) is 3.96. The van der Waals surface area contributed by atoms with Gasteiger partial charge in [0.05, 0.1) is 0 Å². The van der Waals surface area contributed by atoms with E-state index in [0.717, 1.165) is 32.0 Å². The van der Waals surface area contributed by atoms with Crippen LogP contribution in [0.1, 0.15) is 40.0 Å². The zero-order valence-corrected chi connectivity index (χ0v) is 11.9. The molecule has 100 valence electrons. The summed E-state index contributed by atoms with van der Waals surface area (Å²) in [5.41, 5.74) is 0.630. The standard InChI is InChI=1S/C14H28N2O/c1-13(2)10-15-14(3,12-6-7-12)11-16(13)8-5-9-17-4/h12,15H,5-11H2,1-4H3. The summed E-state index contributed by atoms with van der Waals surface area (Å²) in [5.74, 6) is 0.906. The van der Waals surface area contributed by atoms with E-state index in [4.69, 9.17) is 4.74 Å². The molecule has 0 aromatic heterocycles. The van der Waals surface area contributed by atoms with Gasteiger partial charge in [0.1, 0.15) is 0 Å². The maximum absolute atomic E-state index is 5.17. The Morgan fingerprint density at radius 2 is 2.00 bits per heavy atom. The summed E-state index contributed by atoms with van der Waals surface area (Å²) in [4.78, 5) is 2.65. The Hall–Kier alpha value is -0.120. The van der Waals surface area contributed by atoms with Gasteiger partial charge in [-0.1, -0.05) is 0 Å². The molecule has 1 saturated heterocycles. The number of nitrogens with one attached hydrogen (secondary N) is 1. The van der Waals surface area contributed by atoms with Crippen molar-refractivity contribution in [2.75, 3.05) is 33.4 Å². The number of methoxy groups -OCH3 is 1. The van der Waals surface area contributed by atoms with Gasteiger partial charge in [-0.3, -0.25) is 4.90 Å². The molecule has 3 heteroatoms. The van der Waals surface area contributed by atoms with Crippen molar-refractivity contribution in [1.82, 2.24) is 10.2 Å². The Balaban J connectivity index is 1.94. The first-order valence-corrected chi connectivity index (χ1v) is 6.97. The third-order valence-electron chi connectivity index (χ3n) is 4.56. The van der Waals surface area contributed by atoms with Crippen LogP contribution >= 0.6 is 0 Å². The van der Waals surface area contributed by atoms with Gasteiger partial charge in [-0.25, -0.2) is 0 Å². The fourth-order valence-electron chi connectivity index (χ4n) is 2.97. The summed E-state index contributed by atoms with van der Waals surface area (Å²) in [6, 6.07) is 0. The van der Waals surface area contributed by atoms with E-state index in [2.05, 4.69) is 31.0 Å². The van der Waals surface area contributed by atoms with Crippen LogP contribution in [-0.4, -0.2) is 49.3 Å². The zero-order valence-electron chi connectivity index (χ0n) is 11.9. The Morgan fingerprint density at radius 1 is 1.29 bits per heavy atom. The van der Waals surface area contributed by atoms with Crippen LogP contribution in [0.25, 0.3) is 0 Å². The highest BCUT2D eigenvalue weighted by atomic mass is 16.5. The maximum Gasteiger partial charge on any atom is 0.0474 e. The molecule has 1 aliphatic heterocycles. The summed E-state index contributed by atoms with van der Waals surface area (Å²) < 4.78 is 5.17. The molecule has 0 radical (unpaired) electrons. The molecule has 1 unspecified atom stereocenters. The van der Waals surface area contributed by atoms with Crippen LogP contribution in [0.4, 0.5) is 0 Å². The van der Waals surface area contributed by atoms with Crippen LogP contribution in [0.15, 0.2) is 0 Å². The highest BCUT2D eigenvalue weighted by Gasteiger charge is 2.47. The lowest BCUT2D eigenvalue weighted by Crippen LogP contribution is -2.68. The lowest BCUT2D eigenvalue weighted by Gasteiger charge is -2.51. The van der Waals surface area contributed by atoms with Crippen molar-refractivity contribution < 1.29 is 4.74 Å². The minimum Gasteiger partial charge on any atom is -0.385 e. The Bertz CT molecular complexity index is 263. The number of rotatable bonds is 5. The van der Waals surface area contributed by atoms with Crippen molar-refractivity contribution in [3.8, 4) is 0 Å². The van der Waals surface area contributed by atoms with E-state index in [-0.39, 0.29) is 5.54 Å². The lowest BCUT2D eigenvalue weighted by molar-refractivity contribution is 0.0185. The fourth-order valence-corrected chi connectivity index (χ4v) is 2.97. The summed E-state index contributed by atoms with van der Waals surface area (Å²) >= 11 is 0. The average molecular weight is 240 g/mol. The van der Waals surface area contributed by atoms with E-state index in [1.807, 2.05) is 0 Å². The molecule has 17 heavy (non-hydrogen) atoms. The van der Waals surface area contributed by atoms with Crippen molar-refractivity contribution in [1.29, 1.82) is 0 Å². The number of ether oxygens (including phenoxy) is 1. The molecule has 0 bridgehead atoms. The first-order chi connectivity index (χ1) is 7.98. The second-order valence-electron chi connectivity index (χ2n) is 6.63. The highest BCUT2D eigenvalue weighted by Crippen LogP contribution is 2.42. The Kier molecular flexibility index (Phi) is 3.81. The zero-order chi connectivity index (χ0) is 12.5. The quantitative estimate of drug-likeness (QED) is 0.743. The van der Waals surface area contributed by atoms with Crippen LogP contribution < -0.4 is 5.32 Å². The molecular formula is C14H28N2O. The largest absolute Gasteiger partial charge is 0.385 e. The van der Waals surface area contributed by atoms with Gasteiger partial charge >= 0.3 is 0 Å². The number of hydrogen-bond acceptors (Lipinski definition) is 3. The minimum absolute atomic E-state index is 0.280. The molecule has 1 aliphatic carbocycles. The normalized spacial score (nSPS) is 33.9. The first-order valence-electron chi connectivity index (χ1n) is 6.97. The number of nitrogens with zero attached hydrogens (tertiary/aromatic N) is 1. The first kappa shape index (κ1) is 13.3. The molecule has 0 aromatic rings. The Labute approximate surface area is 106 Å². The van der Waals surface area contributed by atoms with E-state index in [1.54, 1.807) is 7.11 Å². The smallest absolute Gasteiger partial charge is 0.0474 e. The molecule has 1 heterocycles. The summed E-state index contributed by atoms with van der Waals surface area (Å²) in [5, 5.41) is 3.80. The second kappa shape index (κ2) is 4.87. The fraction of sp³-hybridized carbons (Fsp3) is 1.00. The lowest BCUT2D eigenvalue weighted by atomic mass is 9.86. The van der Waals surface area contributed by atoms with Gasteiger partial charge in [-0.2, -0.15) is 0 Å². The molecule has 1 saturated carbocycles. The van der Waals surface area contributed by atoms with Crippen molar-refractivity contribution in [2.45, 2.75) is 51.1 Å². The van der Waals surface area contributed by atoms with Crippen LogP contribution in [-0.2, 0) is 4.74 Å². The van der Waals surface area contributed by atoms with Crippen LogP contribution in [0.3, 0.4) is 0 Å². The van der Waals surface area contributed by atoms with Crippen LogP contribution in [0, 0.1) is 5.92 Å². The molecule has 0 amide bonds. The number of hydrogen-bond donors (Lipinski definition) is 1. The molecule has 2 rings (SSSR count). The van der Waals surface area contributed by atoms with Gasteiger partial charge in [0.25, 0.3) is 0 Å². The molecule has 0 aromatic carbocycles. The topological polar surface area (TPSA) is 24.5 Å². The molecule has 0 spiro atoms. The molecule has 1 N–H and O–H groups in total. The van der Waals surface area contributed by atoms with E-state index in [1.165, 1.54) is 19.4 Å². The van der Waals surface area contributed by atoms with Gasteiger partial charge in [-0.05, 0) is 46.0 Å². The van der Waals surface area contributed by atoms with Gasteiger partial charge in [0.15, 0.2) is 0 Å². The van der Waals surface area contributed by atoms with Gasteiger partial charge < -0.3 is 10.1 Å². The average Bonchev–Trinajstić information content (AvgIpc) is 3.08. The summed E-state index contributed by atoms with van der Waals surface area (Å²) in [6.45, 7) is 11.4. The monoisotopic (exact) mass is 240 g/mol. The summed E-state index contributed by atoms with van der Waals surface area (Å²) in [7, 11) is 1.79. The Morgan fingerprint density at radius 3 is 2.59 bits per heavy atom. The third-order valence-corrected chi connectivity index (χ3v) is 4.56. The van der Waals surface area contributed by atoms with Crippen molar-refractivity contribution >= 4 is 0 Å². The molecule has 2 aliphatic rings. The third kappa shape index (κ3) is 3.01. The van der Waals surface area contributed by atoms with Gasteiger partial charge in [0.2, 0.25) is 0 Å². The molecule has 3 nitrogen and oxygen atoms in total.